The zero-order valence-corrected chi connectivity index (χ0v) is 24.5. The Bertz CT molecular complexity index is 1360. The highest BCUT2D eigenvalue weighted by atomic mass is 16.5. The van der Waals surface area contributed by atoms with E-state index in [0.29, 0.717) is 48.3 Å². The molecule has 42 heavy (non-hydrogen) atoms. The van der Waals surface area contributed by atoms with E-state index in [9.17, 15) is 4.79 Å². The number of aliphatic hydroxyl groups excluding tert-OH is 1. The first-order chi connectivity index (χ1) is 20.4. The monoisotopic (exact) mass is 574 g/mol. The summed E-state index contributed by atoms with van der Waals surface area (Å²) in [5, 5.41) is 12.0. The highest BCUT2D eigenvalue weighted by Gasteiger charge is 2.49. The average molecular weight is 575 g/mol. The zero-order valence-electron chi connectivity index (χ0n) is 24.5. The van der Waals surface area contributed by atoms with Crippen molar-refractivity contribution in [2.45, 2.75) is 38.0 Å². The molecular weight excluding hydrogens is 536 g/mol. The lowest BCUT2D eigenvalue weighted by atomic mass is 9.88. The van der Waals surface area contributed by atoms with Crippen molar-refractivity contribution in [2.75, 3.05) is 34.5 Å². The molecule has 0 spiro atoms. The number of aliphatic hydroxyl groups is 1. The van der Waals surface area contributed by atoms with Crippen LogP contribution in [0.5, 0.6) is 23.0 Å². The highest BCUT2D eigenvalue weighted by molar-refractivity contribution is 6.00. The third-order valence-electron chi connectivity index (χ3n) is 7.04. The van der Waals surface area contributed by atoms with E-state index in [1.165, 1.54) is 0 Å². The molecule has 0 saturated heterocycles. The van der Waals surface area contributed by atoms with Gasteiger partial charge in [0.25, 0.3) is 5.91 Å². The summed E-state index contributed by atoms with van der Waals surface area (Å²) in [7, 11) is 4.65. The van der Waals surface area contributed by atoms with Crippen molar-refractivity contribution in [3.05, 3.63) is 89.5 Å². The van der Waals surface area contributed by atoms with Gasteiger partial charge in [0, 0.05) is 31.6 Å². The summed E-state index contributed by atoms with van der Waals surface area (Å²) in [4.78, 5) is 18.8. The molecule has 1 amide bonds. The standard InChI is InChI=1S/C33H38N2O7/c1-23-33(17-8-12-24-10-6-5-7-11-24,35-31(42-23)26-13-15-27(16-14-26)41-19-9-18-36)32(37)34-22-25-20-28(38-2)30(40-4)29(21-25)39-3/h5-8,10-16,20-21,23,36H,9,17-19,22H2,1-4H3,(H,34,37)/b12-8+/t23-,33-/m1/s1. The molecule has 0 radical (unpaired) electrons. The maximum Gasteiger partial charge on any atom is 0.252 e. The molecule has 1 aliphatic rings. The molecule has 222 valence electrons. The minimum atomic E-state index is -1.20. The molecule has 0 bridgehead atoms. The number of methoxy groups -OCH3 is 3. The van der Waals surface area contributed by atoms with Gasteiger partial charge in [0.05, 0.1) is 27.9 Å². The van der Waals surface area contributed by atoms with Crippen molar-refractivity contribution < 1.29 is 33.6 Å². The largest absolute Gasteiger partial charge is 0.494 e. The Morgan fingerprint density at radius 3 is 2.33 bits per heavy atom. The Kier molecular flexibility index (Phi) is 10.4. The van der Waals surface area contributed by atoms with Crippen molar-refractivity contribution >= 4 is 17.9 Å². The van der Waals surface area contributed by atoms with Crippen LogP contribution in [0.1, 0.15) is 36.5 Å². The number of nitrogens with one attached hydrogen (secondary N) is 1. The average Bonchev–Trinajstić information content (AvgIpc) is 3.36. The van der Waals surface area contributed by atoms with E-state index in [-0.39, 0.29) is 19.1 Å². The first-order valence-corrected chi connectivity index (χ1v) is 13.8. The molecule has 3 aromatic carbocycles. The van der Waals surface area contributed by atoms with E-state index in [4.69, 9.17) is 33.8 Å². The molecule has 0 unspecified atom stereocenters. The van der Waals surface area contributed by atoms with Crippen molar-refractivity contribution in [3.8, 4) is 23.0 Å². The number of rotatable bonds is 14. The van der Waals surface area contributed by atoms with E-state index < -0.39 is 11.6 Å². The predicted octanol–water partition coefficient (Wildman–Crippen LogP) is 4.80. The Morgan fingerprint density at radius 1 is 1.02 bits per heavy atom. The van der Waals surface area contributed by atoms with E-state index in [1.54, 1.807) is 33.5 Å². The van der Waals surface area contributed by atoms with Crippen LogP contribution in [0.25, 0.3) is 6.08 Å². The fourth-order valence-electron chi connectivity index (χ4n) is 4.70. The number of benzene rings is 3. The van der Waals surface area contributed by atoms with Crippen LogP contribution in [-0.4, -0.2) is 63.1 Å². The molecule has 0 fully saturated rings. The Hall–Kier alpha value is -4.50. The minimum absolute atomic E-state index is 0.0725. The zero-order chi connectivity index (χ0) is 30.0. The summed E-state index contributed by atoms with van der Waals surface area (Å²) in [6, 6.07) is 20.8. The Morgan fingerprint density at radius 2 is 1.71 bits per heavy atom. The van der Waals surface area contributed by atoms with E-state index in [2.05, 4.69) is 5.32 Å². The lowest BCUT2D eigenvalue weighted by molar-refractivity contribution is -0.128. The number of hydrogen-bond acceptors (Lipinski definition) is 8. The van der Waals surface area contributed by atoms with Gasteiger partial charge >= 0.3 is 0 Å². The van der Waals surface area contributed by atoms with Gasteiger partial charge in [-0.25, -0.2) is 4.99 Å². The minimum Gasteiger partial charge on any atom is -0.494 e. The van der Waals surface area contributed by atoms with Crippen LogP contribution in [0.3, 0.4) is 0 Å². The van der Waals surface area contributed by atoms with Gasteiger partial charge in [0.1, 0.15) is 11.9 Å². The van der Waals surface area contributed by atoms with Crippen LogP contribution in [0, 0.1) is 0 Å². The highest BCUT2D eigenvalue weighted by Crippen LogP contribution is 2.38. The number of nitrogens with zero attached hydrogens (tertiary/aromatic N) is 1. The van der Waals surface area contributed by atoms with Gasteiger partial charge in [-0.05, 0) is 54.4 Å². The van der Waals surface area contributed by atoms with Gasteiger partial charge in [-0.1, -0.05) is 42.5 Å². The topological polar surface area (TPSA) is 108 Å². The third kappa shape index (κ3) is 7.03. The quantitative estimate of drug-likeness (QED) is 0.267. The lowest BCUT2D eigenvalue weighted by Gasteiger charge is -2.27. The first kappa shape index (κ1) is 30.5. The molecule has 4 rings (SSSR count). The molecular formula is C33H38N2O7. The molecule has 1 aliphatic heterocycles. The summed E-state index contributed by atoms with van der Waals surface area (Å²) in [6.07, 6.45) is 4.29. The summed E-state index contributed by atoms with van der Waals surface area (Å²) >= 11 is 0. The van der Waals surface area contributed by atoms with Gasteiger partial charge < -0.3 is 34.1 Å². The molecule has 2 atom stereocenters. The summed E-state index contributed by atoms with van der Waals surface area (Å²) < 4.78 is 28.2. The van der Waals surface area contributed by atoms with Crippen LogP contribution in [0.2, 0.25) is 0 Å². The normalized spacial score (nSPS) is 17.8. The molecule has 0 aliphatic carbocycles. The first-order valence-electron chi connectivity index (χ1n) is 13.8. The fourth-order valence-corrected chi connectivity index (χ4v) is 4.70. The van der Waals surface area contributed by atoms with Crippen molar-refractivity contribution in [1.82, 2.24) is 5.32 Å². The molecule has 2 N–H and O–H groups in total. The van der Waals surface area contributed by atoms with Crippen molar-refractivity contribution in [3.63, 3.8) is 0 Å². The Balaban J connectivity index is 1.60. The van der Waals surface area contributed by atoms with Crippen molar-refractivity contribution in [2.24, 2.45) is 4.99 Å². The second kappa shape index (κ2) is 14.4. The second-order valence-electron chi connectivity index (χ2n) is 9.78. The van der Waals surface area contributed by atoms with Gasteiger partial charge in [-0.2, -0.15) is 0 Å². The summed E-state index contributed by atoms with van der Waals surface area (Å²) in [6.45, 7) is 2.58. The van der Waals surface area contributed by atoms with E-state index >= 15 is 0 Å². The van der Waals surface area contributed by atoms with Crippen LogP contribution < -0.4 is 24.3 Å². The molecule has 9 nitrogen and oxygen atoms in total. The number of hydrogen-bond donors (Lipinski definition) is 2. The number of aliphatic imine (C=N–C) groups is 1. The summed E-state index contributed by atoms with van der Waals surface area (Å²) in [5.74, 6) is 2.29. The fraction of sp³-hybridized carbons (Fsp3) is 0.333. The predicted molar refractivity (Wildman–Crippen MR) is 161 cm³/mol. The lowest BCUT2D eigenvalue weighted by Crippen LogP contribution is -2.50. The smallest absolute Gasteiger partial charge is 0.252 e. The SMILES string of the molecule is COc1cc(CNC(=O)[C@]2(C/C=C/c3ccccc3)N=C(c3ccc(OCCCO)cc3)O[C@@H]2C)cc(OC)c1OC. The van der Waals surface area contributed by atoms with Crippen molar-refractivity contribution in [1.29, 1.82) is 0 Å². The maximum atomic E-state index is 13.9. The van der Waals surface area contributed by atoms with Gasteiger partial charge in [-0.3, -0.25) is 4.79 Å². The maximum absolute atomic E-state index is 13.9. The van der Waals surface area contributed by atoms with Gasteiger partial charge in [0.15, 0.2) is 17.0 Å². The van der Waals surface area contributed by atoms with Crippen LogP contribution in [0.15, 0.2) is 77.8 Å². The van der Waals surface area contributed by atoms with Gasteiger partial charge in [-0.15, -0.1) is 0 Å². The molecule has 1 heterocycles. The van der Waals surface area contributed by atoms with Crippen LogP contribution in [0.4, 0.5) is 0 Å². The van der Waals surface area contributed by atoms with E-state index in [1.807, 2.05) is 73.7 Å². The molecule has 0 aromatic heterocycles. The number of ether oxygens (including phenoxy) is 5. The molecule has 3 aromatic rings. The van der Waals surface area contributed by atoms with E-state index in [0.717, 1.165) is 16.7 Å². The third-order valence-corrected chi connectivity index (χ3v) is 7.04. The number of carbonyl (C=O) groups is 1. The van der Waals surface area contributed by atoms with Crippen LogP contribution in [-0.2, 0) is 16.1 Å². The Labute approximate surface area is 246 Å². The van der Waals surface area contributed by atoms with Crippen LogP contribution >= 0.6 is 0 Å². The summed E-state index contributed by atoms with van der Waals surface area (Å²) in [5.41, 5.74) is 1.35. The molecule has 0 saturated carbocycles. The second-order valence-corrected chi connectivity index (χ2v) is 9.78. The number of carbonyl (C=O) groups excluding carboxylic acids is 1. The number of amides is 1. The van der Waals surface area contributed by atoms with Gasteiger partial charge in [0.2, 0.25) is 11.6 Å². The molecule has 9 heteroatoms.